The third-order valence-electron chi connectivity index (χ3n) is 10.5. The fourth-order valence-corrected chi connectivity index (χ4v) is 12.3. The van der Waals surface area contributed by atoms with Crippen molar-refractivity contribution in [3.8, 4) is 22.3 Å². The Kier molecular flexibility index (Phi) is 14.4. The van der Waals surface area contributed by atoms with E-state index in [2.05, 4.69) is 72.8 Å². The van der Waals surface area contributed by atoms with Crippen LogP contribution in [0.25, 0.3) is 32.9 Å². The predicted octanol–water partition coefficient (Wildman–Crippen LogP) is 13.4. The van der Waals surface area contributed by atoms with Gasteiger partial charge in [-0.3, -0.25) is 9.33 Å². The van der Waals surface area contributed by atoms with Gasteiger partial charge in [0.25, 0.3) is 0 Å². The van der Waals surface area contributed by atoms with E-state index in [9.17, 15) is 9.13 Å². The van der Waals surface area contributed by atoms with Crippen LogP contribution < -0.4 is 15.5 Å². The van der Waals surface area contributed by atoms with Gasteiger partial charge in [-0.05, 0) is 62.7 Å². The summed E-state index contributed by atoms with van der Waals surface area (Å²) in [5.41, 5.74) is 8.94. The zero-order chi connectivity index (χ0) is 40.8. The van der Waals surface area contributed by atoms with Crippen LogP contribution in [0, 0.1) is 18.4 Å². The molecule has 10 rings (SSSR count). The average molecular weight is 1190 g/mol. The molecule has 0 saturated heterocycles. The van der Waals surface area contributed by atoms with E-state index < -0.39 is 14.4 Å². The van der Waals surface area contributed by atoms with Gasteiger partial charge in [0.15, 0.2) is 0 Å². The average Bonchev–Trinajstić information content (AvgIpc) is 3.89. The van der Waals surface area contributed by atoms with Crippen molar-refractivity contribution in [1.29, 1.82) is 0 Å². The van der Waals surface area contributed by atoms with Crippen LogP contribution in [0.5, 0.6) is 0 Å². The first-order valence-corrected chi connectivity index (χ1v) is 23.2. The van der Waals surface area contributed by atoms with Crippen LogP contribution in [0.15, 0.2) is 235 Å². The Morgan fingerprint density at radius 1 is 0.435 bits per heavy atom. The molecule has 62 heavy (non-hydrogen) atoms. The van der Waals surface area contributed by atoms with Crippen LogP contribution in [0.4, 0.5) is 5.69 Å². The van der Waals surface area contributed by atoms with E-state index in [-0.39, 0.29) is 40.2 Å². The summed E-state index contributed by atoms with van der Waals surface area (Å²) >= 11 is 0. The van der Waals surface area contributed by atoms with Crippen molar-refractivity contribution in [3.63, 3.8) is 0 Å². The smallest absolute Gasteiger partial charge is 0.239 e. The van der Waals surface area contributed by atoms with Gasteiger partial charge in [0.05, 0.1) is 0 Å². The maximum atomic E-state index is 14.3. The van der Waals surface area contributed by atoms with Crippen molar-refractivity contribution in [2.75, 3.05) is 4.90 Å². The quantitative estimate of drug-likeness (QED) is 0.113. The fraction of sp³-hybridized carbons (Fsp3) is 0. The molecule has 2 unspecified atom stereocenters. The molecule has 2 radical (unpaired) electrons. The SMILES string of the molecule is O=P1(c2ccccc2)N=C(c2[c-]cccc2)C=C1c1ccc(-c2ccccc2)cc1.O=P1(c2ccccc2)[CH-]N(c2[c-]cccc2)C=C1c1ccc(-c2ccccc2)cc1.[Ir].[Ir]. The van der Waals surface area contributed by atoms with Crippen molar-refractivity contribution in [1.82, 2.24) is 0 Å². The largest absolute Gasteiger partial charge is 0.512 e. The molecule has 0 aliphatic carbocycles. The van der Waals surface area contributed by atoms with E-state index in [1.807, 2.05) is 181 Å². The number of hydrogen-bond donors (Lipinski definition) is 0. The Labute approximate surface area is 391 Å². The van der Waals surface area contributed by atoms with Crippen molar-refractivity contribution < 1.29 is 49.3 Å². The summed E-state index contributed by atoms with van der Waals surface area (Å²) in [6.07, 6.45) is 5.79. The Hall–Kier alpha value is -5.53. The molecule has 308 valence electrons. The summed E-state index contributed by atoms with van der Waals surface area (Å²) in [5, 5.41) is 3.18. The molecule has 0 N–H and O–H groups in total. The van der Waals surface area contributed by atoms with Gasteiger partial charge in [-0.2, -0.15) is 36.6 Å². The van der Waals surface area contributed by atoms with E-state index in [0.29, 0.717) is 5.71 Å². The van der Waals surface area contributed by atoms with Gasteiger partial charge in [-0.1, -0.05) is 164 Å². The standard InChI is InChI=1S/C27H20NOP.C27H19NOP.2Ir/c29-30(26-14-8-3-9-15-26)21-28(25-12-6-2-7-13-25)20-27(30)24-18-16-23(17-19-24)22-10-4-1-5-11-22;29-30(25-14-8-3-9-15-25)27(20-26(28-30)23-12-6-2-7-13-23)24-18-16-22(17-19-24)21-10-4-1-5-11-21;;/h1-12,14-21H;1-12,14-20H;;/q-2;-1;;. The molecule has 0 bridgehead atoms. The van der Waals surface area contributed by atoms with Crippen LogP contribution in [0.2, 0.25) is 0 Å². The normalized spacial score (nSPS) is 17.5. The molecule has 0 aromatic heterocycles. The van der Waals surface area contributed by atoms with E-state index in [1.54, 1.807) is 0 Å². The maximum Gasteiger partial charge on any atom is 0.239 e. The molecule has 4 nitrogen and oxygen atoms in total. The van der Waals surface area contributed by atoms with Crippen molar-refractivity contribution >= 4 is 47.1 Å². The Balaban J connectivity index is 0.000000181. The van der Waals surface area contributed by atoms with Crippen LogP contribution in [0.1, 0.15) is 16.7 Å². The topological polar surface area (TPSA) is 49.7 Å². The molecule has 0 saturated carbocycles. The Bertz CT molecular complexity index is 2830. The van der Waals surface area contributed by atoms with Crippen molar-refractivity contribution in [2.45, 2.75) is 0 Å². The van der Waals surface area contributed by atoms with Crippen LogP contribution in [0.3, 0.4) is 0 Å². The molecule has 2 heterocycles. The molecule has 8 aromatic rings. The second-order valence-electron chi connectivity index (χ2n) is 14.4. The number of allylic oxidation sites excluding steroid dienone is 1. The maximum absolute atomic E-state index is 14.3. The van der Waals surface area contributed by atoms with Gasteiger partial charge in [0.1, 0.15) is 0 Å². The summed E-state index contributed by atoms with van der Waals surface area (Å²) in [6, 6.07) is 78.2. The van der Waals surface area contributed by atoms with E-state index in [0.717, 1.165) is 60.3 Å². The fourth-order valence-electron chi connectivity index (χ4n) is 7.43. The first-order valence-electron chi connectivity index (χ1n) is 19.7. The third-order valence-corrected chi connectivity index (χ3v) is 15.8. The molecule has 8 aromatic carbocycles. The summed E-state index contributed by atoms with van der Waals surface area (Å²) in [7, 11) is -6.06. The number of hydrogen-bond acceptors (Lipinski definition) is 3. The zero-order valence-electron chi connectivity index (χ0n) is 33.3. The molecular weight excluding hydrogens is 1150 g/mol. The monoisotopic (exact) mass is 1200 g/mol. The van der Waals surface area contributed by atoms with Crippen LogP contribution in [-0.4, -0.2) is 5.71 Å². The molecule has 0 spiro atoms. The first kappa shape index (κ1) is 44.5. The van der Waals surface area contributed by atoms with E-state index in [1.165, 1.54) is 5.56 Å². The summed E-state index contributed by atoms with van der Waals surface area (Å²) < 4.78 is 33.3. The first-order chi connectivity index (χ1) is 29.5. The second-order valence-corrected chi connectivity index (χ2v) is 19.3. The van der Waals surface area contributed by atoms with Gasteiger partial charge >= 0.3 is 0 Å². The number of benzene rings is 8. The molecular formula is C54H39Ir2N2O2P2-3. The van der Waals surface area contributed by atoms with Gasteiger partial charge in [-0.25, -0.2) is 0 Å². The zero-order valence-corrected chi connectivity index (χ0v) is 39.9. The third kappa shape index (κ3) is 9.44. The van der Waals surface area contributed by atoms with Gasteiger partial charge < -0.3 is 9.46 Å². The minimum Gasteiger partial charge on any atom is -0.512 e. The van der Waals surface area contributed by atoms with Crippen molar-refractivity contribution in [2.24, 2.45) is 4.76 Å². The van der Waals surface area contributed by atoms with Gasteiger partial charge in [0, 0.05) is 63.3 Å². The Morgan fingerprint density at radius 2 is 0.871 bits per heavy atom. The summed E-state index contributed by atoms with van der Waals surface area (Å²) in [6.45, 7) is 0. The van der Waals surface area contributed by atoms with E-state index in [4.69, 9.17) is 4.76 Å². The minimum atomic E-state index is -3.13. The van der Waals surface area contributed by atoms with E-state index >= 15 is 0 Å². The number of anilines is 1. The predicted molar refractivity (Wildman–Crippen MR) is 251 cm³/mol. The number of rotatable bonds is 8. The van der Waals surface area contributed by atoms with Gasteiger partial charge in [0.2, 0.25) is 7.29 Å². The number of nitrogens with zero attached hydrogens (tertiary/aromatic N) is 2. The molecule has 8 heteroatoms. The van der Waals surface area contributed by atoms with Crippen LogP contribution in [-0.2, 0) is 49.3 Å². The molecule has 0 amide bonds. The molecule has 2 aliphatic rings. The summed E-state index contributed by atoms with van der Waals surface area (Å²) in [5.74, 6) is 0. The Morgan fingerprint density at radius 3 is 1.37 bits per heavy atom. The second kappa shape index (κ2) is 20.1. The molecule has 0 fully saturated rings. The minimum absolute atomic E-state index is 0. The molecule has 2 aliphatic heterocycles. The van der Waals surface area contributed by atoms with Crippen molar-refractivity contribution in [3.05, 3.63) is 266 Å². The molecule has 2 atom stereocenters. The van der Waals surface area contributed by atoms with Crippen LogP contribution >= 0.6 is 14.4 Å². The summed E-state index contributed by atoms with van der Waals surface area (Å²) in [4.78, 5) is 1.94. The number of para-hydroxylation sites is 1. The van der Waals surface area contributed by atoms with Gasteiger partial charge in [-0.15, -0.1) is 41.6 Å².